The van der Waals surface area contributed by atoms with E-state index < -0.39 is 54.0 Å². The maximum absolute atomic E-state index is 13.3. The average Bonchev–Trinajstić information content (AvgIpc) is 3.23. The molecule has 0 aromatic carbocycles. The van der Waals surface area contributed by atoms with Crippen molar-refractivity contribution in [2.75, 3.05) is 25.1 Å². The molecule has 1 rings (SSSR count). The summed E-state index contributed by atoms with van der Waals surface area (Å²) in [5.41, 5.74) is 11.5. The van der Waals surface area contributed by atoms with Gasteiger partial charge in [0, 0.05) is 6.54 Å². The summed E-state index contributed by atoms with van der Waals surface area (Å²) in [7, 11) is 0. The number of nitrogens with one attached hydrogen (secondary N) is 2. The highest BCUT2D eigenvalue weighted by atomic mass is 32.2. The second kappa shape index (κ2) is 14.3. The Kier molecular flexibility index (Phi) is 12.6. The van der Waals surface area contributed by atoms with Crippen molar-refractivity contribution in [1.82, 2.24) is 15.5 Å². The van der Waals surface area contributed by atoms with E-state index in [1.807, 2.05) is 6.26 Å². The van der Waals surface area contributed by atoms with E-state index in [0.717, 1.165) is 0 Å². The molecule has 1 heterocycles. The summed E-state index contributed by atoms with van der Waals surface area (Å²) in [4.78, 5) is 51.2. The summed E-state index contributed by atoms with van der Waals surface area (Å²) in [6, 6.07) is -3.95. The van der Waals surface area contributed by atoms with Gasteiger partial charge in [-0.05, 0) is 64.0 Å². The maximum atomic E-state index is 13.3. The fourth-order valence-corrected chi connectivity index (χ4v) is 4.04. The second-order valence-electron chi connectivity index (χ2n) is 7.99. The number of nitrogens with two attached hydrogens (primary N) is 2. The number of carboxylic acids is 1. The van der Waals surface area contributed by atoms with Crippen LogP contribution in [0.1, 0.15) is 45.4 Å². The molecule has 5 unspecified atom stereocenters. The van der Waals surface area contributed by atoms with E-state index in [9.17, 15) is 29.4 Å². The van der Waals surface area contributed by atoms with Crippen molar-refractivity contribution in [3.8, 4) is 0 Å². The third-order valence-electron chi connectivity index (χ3n) is 5.42. The number of aliphatic hydroxyl groups is 1. The lowest BCUT2D eigenvalue weighted by atomic mass is 10.1. The van der Waals surface area contributed by atoms with Crippen LogP contribution in [0.2, 0.25) is 0 Å². The van der Waals surface area contributed by atoms with Crippen LogP contribution in [0.3, 0.4) is 0 Å². The Bertz CT molecular complexity index is 650. The molecule has 0 spiro atoms. The van der Waals surface area contributed by atoms with Crippen LogP contribution >= 0.6 is 11.8 Å². The van der Waals surface area contributed by atoms with E-state index in [2.05, 4.69) is 10.6 Å². The van der Waals surface area contributed by atoms with E-state index in [1.54, 1.807) is 11.8 Å². The van der Waals surface area contributed by atoms with Gasteiger partial charge in [0.1, 0.15) is 12.1 Å². The van der Waals surface area contributed by atoms with Gasteiger partial charge < -0.3 is 37.2 Å². The number of nitrogens with zero attached hydrogens (tertiary/aromatic N) is 1. The number of hydrogen-bond acceptors (Lipinski definition) is 8. The van der Waals surface area contributed by atoms with Crippen molar-refractivity contribution in [2.45, 2.75) is 75.7 Å². The number of amides is 3. The standard InChI is InChI=1S/C20H37N5O6S/c1-12(26)16(20(30)31)24-18(28)15-7-5-10-25(15)19(29)14(6-3-4-9-21)23-17(27)13(22)8-11-32-2/h12-16,26H,3-11,21-22H2,1-2H3,(H,23,27)(H,24,28)(H,30,31). The van der Waals surface area contributed by atoms with Gasteiger partial charge in [-0.2, -0.15) is 11.8 Å². The van der Waals surface area contributed by atoms with Crippen LogP contribution in [-0.4, -0.2) is 94.2 Å². The largest absolute Gasteiger partial charge is 0.480 e. The number of carboxylic acid groups (broad SMARTS) is 1. The molecule has 0 aromatic heterocycles. The number of rotatable bonds is 14. The van der Waals surface area contributed by atoms with Crippen LogP contribution < -0.4 is 22.1 Å². The first-order valence-corrected chi connectivity index (χ1v) is 12.3. The minimum Gasteiger partial charge on any atom is -0.480 e. The fourth-order valence-electron chi connectivity index (χ4n) is 3.55. The first-order chi connectivity index (χ1) is 15.1. The van der Waals surface area contributed by atoms with E-state index >= 15 is 0 Å². The minimum absolute atomic E-state index is 0.311. The topological polar surface area (TPSA) is 188 Å². The first-order valence-electron chi connectivity index (χ1n) is 10.9. The Labute approximate surface area is 193 Å². The van der Waals surface area contributed by atoms with Crippen molar-refractivity contribution < 1.29 is 29.4 Å². The van der Waals surface area contributed by atoms with Crippen LogP contribution in [0.15, 0.2) is 0 Å². The summed E-state index contributed by atoms with van der Waals surface area (Å²) < 4.78 is 0. The van der Waals surface area contributed by atoms with Gasteiger partial charge in [-0.1, -0.05) is 0 Å². The maximum Gasteiger partial charge on any atom is 0.328 e. The van der Waals surface area contributed by atoms with E-state index in [0.29, 0.717) is 57.4 Å². The zero-order valence-electron chi connectivity index (χ0n) is 18.8. The highest BCUT2D eigenvalue weighted by molar-refractivity contribution is 7.98. The Morgan fingerprint density at radius 2 is 1.88 bits per heavy atom. The Hall–Kier alpha value is -1.89. The average molecular weight is 476 g/mol. The van der Waals surface area contributed by atoms with E-state index in [1.165, 1.54) is 11.8 Å². The van der Waals surface area contributed by atoms with Crippen LogP contribution in [0, 0.1) is 0 Å². The van der Waals surface area contributed by atoms with Crippen molar-refractivity contribution in [2.24, 2.45) is 11.5 Å². The molecule has 0 aromatic rings. The number of carbonyl (C=O) groups is 4. The molecule has 12 heteroatoms. The number of hydrogen-bond donors (Lipinski definition) is 6. The van der Waals surface area contributed by atoms with Gasteiger partial charge in [0.15, 0.2) is 6.04 Å². The van der Waals surface area contributed by atoms with Crippen molar-refractivity contribution in [1.29, 1.82) is 0 Å². The van der Waals surface area contributed by atoms with Gasteiger partial charge in [-0.3, -0.25) is 14.4 Å². The molecule has 32 heavy (non-hydrogen) atoms. The molecule has 5 atom stereocenters. The summed E-state index contributed by atoms with van der Waals surface area (Å²) in [5.74, 6) is -2.13. The monoisotopic (exact) mass is 475 g/mol. The normalized spacial score (nSPS) is 19.7. The number of unbranched alkanes of at least 4 members (excludes halogenated alkanes) is 1. The van der Waals surface area contributed by atoms with Crippen LogP contribution in [0.4, 0.5) is 0 Å². The van der Waals surface area contributed by atoms with Crippen LogP contribution in [0.5, 0.6) is 0 Å². The zero-order chi connectivity index (χ0) is 24.3. The van der Waals surface area contributed by atoms with Crippen LogP contribution in [-0.2, 0) is 19.2 Å². The summed E-state index contributed by atoms with van der Waals surface area (Å²) in [6.45, 7) is 2.03. The molecular formula is C20H37N5O6S. The smallest absolute Gasteiger partial charge is 0.328 e. The van der Waals surface area contributed by atoms with Crippen molar-refractivity contribution in [3.05, 3.63) is 0 Å². The predicted octanol–water partition coefficient (Wildman–Crippen LogP) is -1.38. The molecule has 0 saturated carbocycles. The Balaban J connectivity index is 2.92. The molecule has 1 aliphatic rings. The summed E-state index contributed by atoms with van der Waals surface area (Å²) >= 11 is 1.57. The molecule has 1 fully saturated rings. The fraction of sp³-hybridized carbons (Fsp3) is 0.800. The highest BCUT2D eigenvalue weighted by Crippen LogP contribution is 2.20. The number of thioether (sulfide) groups is 1. The second-order valence-corrected chi connectivity index (χ2v) is 8.97. The molecule has 11 nitrogen and oxygen atoms in total. The van der Waals surface area contributed by atoms with Gasteiger partial charge >= 0.3 is 5.97 Å². The number of carbonyl (C=O) groups excluding carboxylic acids is 3. The molecule has 0 radical (unpaired) electrons. The number of likely N-dealkylation sites (tertiary alicyclic amines) is 1. The van der Waals surface area contributed by atoms with E-state index in [-0.39, 0.29) is 0 Å². The predicted molar refractivity (Wildman–Crippen MR) is 122 cm³/mol. The van der Waals surface area contributed by atoms with E-state index in [4.69, 9.17) is 11.5 Å². The van der Waals surface area contributed by atoms with Gasteiger partial charge in [0.05, 0.1) is 12.1 Å². The van der Waals surface area contributed by atoms with Gasteiger partial charge in [0.2, 0.25) is 17.7 Å². The molecular weight excluding hydrogens is 438 g/mol. The lowest BCUT2D eigenvalue weighted by molar-refractivity contribution is -0.147. The lowest BCUT2D eigenvalue weighted by Gasteiger charge is -2.30. The number of aliphatic carboxylic acids is 1. The minimum atomic E-state index is -1.48. The molecule has 1 aliphatic heterocycles. The molecule has 0 bridgehead atoms. The summed E-state index contributed by atoms with van der Waals surface area (Å²) in [5, 5.41) is 23.9. The third-order valence-corrected chi connectivity index (χ3v) is 6.06. The van der Waals surface area contributed by atoms with Gasteiger partial charge in [-0.25, -0.2) is 4.79 Å². The molecule has 8 N–H and O–H groups in total. The summed E-state index contributed by atoms with van der Waals surface area (Å²) in [6.07, 6.45) is 3.65. The quantitative estimate of drug-likeness (QED) is 0.165. The molecule has 184 valence electrons. The Morgan fingerprint density at radius 3 is 2.44 bits per heavy atom. The van der Waals surface area contributed by atoms with Gasteiger partial charge in [-0.15, -0.1) is 0 Å². The van der Waals surface area contributed by atoms with Crippen LogP contribution in [0.25, 0.3) is 0 Å². The molecule has 1 saturated heterocycles. The third kappa shape index (κ3) is 8.57. The van der Waals surface area contributed by atoms with Gasteiger partial charge in [0.25, 0.3) is 0 Å². The lowest BCUT2D eigenvalue weighted by Crippen LogP contribution is -2.57. The SMILES string of the molecule is CSCCC(N)C(=O)NC(CCCCN)C(=O)N1CCCC1C(=O)NC(C(=O)O)C(C)O. The zero-order valence-corrected chi connectivity index (χ0v) is 19.6. The highest BCUT2D eigenvalue weighted by Gasteiger charge is 2.39. The first kappa shape index (κ1) is 28.1. The number of aliphatic hydroxyl groups excluding tert-OH is 1. The molecule has 3 amide bonds. The molecule has 0 aliphatic carbocycles. The Morgan fingerprint density at radius 1 is 1.19 bits per heavy atom. The van der Waals surface area contributed by atoms with Crippen molar-refractivity contribution >= 4 is 35.5 Å². The van der Waals surface area contributed by atoms with Crippen molar-refractivity contribution in [3.63, 3.8) is 0 Å².